The maximum atomic E-state index is 13.6. The van der Waals surface area contributed by atoms with E-state index in [0.29, 0.717) is 28.2 Å². The minimum absolute atomic E-state index is 0.0432. The summed E-state index contributed by atoms with van der Waals surface area (Å²) in [7, 11) is 1.85. The highest BCUT2D eigenvalue weighted by molar-refractivity contribution is 6.32. The van der Waals surface area contributed by atoms with Crippen LogP contribution in [0.25, 0.3) is 16.6 Å². The van der Waals surface area contributed by atoms with Crippen molar-refractivity contribution in [3.8, 4) is 5.69 Å². The molecule has 2 aromatic carbocycles. The fourth-order valence-electron chi connectivity index (χ4n) is 2.46. The van der Waals surface area contributed by atoms with Crippen LogP contribution < -0.4 is 11.1 Å². The molecule has 0 aliphatic heterocycles. The molecule has 0 saturated heterocycles. The normalized spacial score (nSPS) is 11.1. The molecule has 0 fully saturated rings. The summed E-state index contributed by atoms with van der Waals surface area (Å²) in [5.74, 6) is -1.27. The molecule has 118 valence electrons. The van der Waals surface area contributed by atoms with Crippen LogP contribution in [0.3, 0.4) is 0 Å². The van der Waals surface area contributed by atoms with Crippen molar-refractivity contribution >= 4 is 28.4 Å². The number of hydrogen-bond donors (Lipinski definition) is 2. The van der Waals surface area contributed by atoms with Crippen LogP contribution >= 0.6 is 11.6 Å². The van der Waals surface area contributed by atoms with Gasteiger partial charge < -0.3 is 11.1 Å². The van der Waals surface area contributed by atoms with E-state index in [9.17, 15) is 9.18 Å². The molecule has 1 aromatic heterocycles. The summed E-state index contributed by atoms with van der Waals surface area (Å²) in [6, 6.07) is 7.95. The van der Waals surface area contributed by atoms with Crippen LogP contribution in [0.2, 0.25) is 5.02 Å². The topological polar surface area (TPSA) is 72.9 Å². The fourth-order valence-corrected chi connectivity index (χ4v) is 2.75. The third-order valence-corrected chi connectivity index (χ3v) is 3.78. The number of amides is 1. The smallest absolute Gasteiger partial charge is 0.251 e. The lowest BCUT2D eigenvalue weighted by molar-refractivity contribution is 0.100. The molecule has 1 amide bonds. The van der Waals surface area contributed by atoms with Gasteiger partial charge in [0.15, 0.2) is 0 Å². The molecule has 3 rings (SSSR count). The third kappa shape index (κ3) is 2.91. The molecule has 5 nitrogen and oxygen atoms in total. The van der Waals surface area contributed by atoms with E-state index in [0.717, 1.165) is 11.6 Å². The summed E-state index contributed by atoms with van der Waals surface area (Å²) in [5, 5.41) is 8.36. The predicted octanol–water partition coefficient (Wildman–Crippen LogP) is 2.64. The zero-order valence-corrected chi connectivity index (χ0v) is 13.1. The number of fused-ring (bicyclic) bond motifs is 1. The van der Waals surface area contributed by atoms with Gasteiger partial charge in [0.2, 0.25) is 0 Å². The molecule has 3 N–H and O–H groups in total. The van der Waals surface area contributed by atoms with E-state index >= 15 is 0 Å². The Labute approximate surface area is 136 Å². The number of nitrogens with one attached hydrogen (secondary N) is 1. The Morgan fingerprint density at radius 1 is 1.39 bits per heavy atom. The summed E-state index contributed by atoms with van der Waals surface area (Å²) in [6.07, 6.45) is 1.61. The highest BCUT2D eigenvalue weighted by Gasteiger charge is 2.14. The summed E-state index contributed by atoms with van der Waals surface area (Å²) in [5.41, 5.74) is 7.34. The van der Waals surface area contributed by atoms with Gasteiger partial charge in [0.25, 0.3) is 5.91 Å². The molecule has 0 unspecified atom stereocenters. The second kappa shape index (κ2) is 5.98. The van der Waals surface area contributed by atoms with Crippen LogP contribution in [0.5, 0.6) is 0 Å². The van der Waals surface area contributed by atoms with E-state index in [2.05, 4.69) is 10.4 Å². The largest absolute Gasteiger partial charge is 0.366 e. The second-order valence-electron chi connectivity index (χ2n) is 5.15. The van der Waals surface area contributed by atoms with Crippen LogP contribution in [-0.4, -0.2) is 22.7 Å². The maximum absolute atomic E-state index is 13.6. The van der Waals surface area contributed by atoms with Gasteiger partial charge in [-0.1, -0.05) is 17.7 Å². The summed E-state index contributed by atoms with van der Waals surface area (Å²) in [6.45, 7) is 0.693. The lowest BCUT2D eigenvalue weighted by atomic mass is 10.1. The average Bonchev–Trinajstić information content (AvgIpc) is 2.89. The van der Waals surface area contributed by atoms with E-state index in [4.69, 9.17) is 17.3 Å². The minimum Gasteiger partial charge on any atom is -0.366 e. The Kier molecular flexibility index (Phi) is 4.02. The van der Waals surface area contributed by atoms with Gasteiger partial charge in [-0.05, 0) is 36.9 Å². The average molecular weight is 333 g/mol. The second-order valence-corrected chi connectivity index (χ2v) is 5.55. The molecule has 1 heterocycles. The van der Waals surface area contributed by atoms with Crippen LogP contribution in [0, 0.1) is 5.82 Å². The molecule has 0 bridgehead atoms. The van der Waals surface area contributed by atoms with Crippen molar-refractivity contribution in [2.75, 3.05) is 7.05 Å². The molecule has 0 aliphatic rings. The first-order valence-electron chi connectivity index (χ1n) is 6.91. The van der Waals surface area contributed by atoms with Gasteiger partial charge in [-0.25, -0.2) is 9.07 Å². The van der Waals surface area contributed by atoms with Crippen molar-refractivity contribution in [3.63, 3.8) is 0 Å². The number of benzene rings is 2. The van der Waals surface area contributed by atoms with Crippen molar-refractivity contribution < 1.29 is 9.18 Å². The van der Waals surface area contributed by atoms with Crippen LogP contribution in [0.1, 0.15) is 15.9 Å². The van der Waals surface area contributed by atoms with Gasteiger partial charge in [-0.3, -0.25) is 4.79 Å². The van der Waals surface area contributed by atoms with Gasteiger partial charge in [0.05, 0.1) is 16.3 Å². The number of halogens is 2. The molecule has 0 spiro atoms. The molecule has 0 radical (unpaired) electrons. The number of rotatable bonds is 4. The molecule has 7 heteroatoms. The molecule has 0 aliphatic carbocycles. The standard InChI is InChI=1S/C16H14ClFN4O/c1-20-7-9-2-3-14(13(17)4-9)22-8-10-5-11(18)6-12(16(19)23)15(10)21-22/h2-6,8,20H,7H2,1H3,(H2,19,23). The van der Waals surface area contributed by atoms with E-state index < -0.39 is 11.7 Å². The van der Waals surface area contributed by atoms with E-state index in [1.165, 1.54) is 10.7 Å². The first-order valence-corrected chi connectivity index (χ1v) is 7.29. The van der Waals surface area contributed by atoms with Gasteiger partial charge in [-0.2, -0.15) is 5.10 Å². The molecular formula is C16H14ClFN4O. The SMILES string of the molecule is CNCc1ccc(-n2cc3cc(F)cc(C(N)=O)c3n2)c(Cl)c1. The van der Waals surface area contributed by atoms with Crippen molar-refractivity contribution in [1.82, 2.24) is 15.1 Å². The molecule has 0 saturated carbocycles. The van der Waals surface area contributed by atoms with E-state index in [1.54, 1.807) is 6.20 Å². The molecule has 3 aromatic rings. The third-order valence-electron chi connectivity index (χ3n) is 3.48. The van der Waals surface area contributed by atoms with Gasteiger partial charge in [0.1, 0.15) is 11.3 Å². The van der Waals surface area contributed by atoms with Crippen LogP contribution in [0.15, 0.2) is 36.5 Å². The summed E-state index contributed by atoms with van der Waals surface area (Å²) >= 11 is 6.31. The van der Waals surface area contributed by atoms with Crippen molar-refractivity contribution in [3.05, 3.63) is 58.5 Å². The summed E-state index contributed by atoms with van der Waals surface area (Å²) in [4.78, 5) is 11.5. The first-order chi connectivity index (χ1) is 11.0. The Balaban J connectivity index is 2.14. The Morgan fingerprint density at radius 2 is 2.17 bits per heavy atom. The highest BCUT2D eigenvalue weighted by atomic mass is 35.5. The number of hydrogen-bond acceptors (Lipinski definition) is 3. The number of primary amides is 1. The van der Waals surface area contributed by atoms with E-state index in [-0.39, 0.29) is 5.56 Å². The van der Waals surface area contributed by atoms with Gasteiger partial charge >= 0.3 is 0 Å². The van der Waals surface area contributed by atoms with Crippen molar-refractivity contribution in [2.24, 2.45) is 5.73 Å². The molecular weight excluding hydrogens is 319 g/mol. The Bertz CT molecular complexity index is 906. The lowest BCUT2D eigenvalue weighted by Crippen LogP contribution is -2.12. The van der Waals surface area contributed by atoms with Crippen molar-refractivity contribution in [2.45, 2.75) is 6.54 Å². The van der Waals surface area contributed by atoms with Crippen LogP contribution in [-0.2, 0) is 6.54 Å². The number of carbonyl (C=O) groups is 1. The number of aromatic nitrogens is 2. The quantitative estimate of drug-likeness (QED) is 0.771. The van der Waals surface area contributed by atoms with Gasteiger partial charge in [-0.15, -0.1) is 0 Å². The van der Waals surface area contributed by atoms with Gasteiger partial charge in [0, 0.05) is 18.1 Å². The number of nitrogens with two attached hydrogens (primary N) is 1. The first kappa shape index (κ1) is 15.5. The highest BCUT2D eigenvalue weighted by Crippen LogP contribution is 2.25. The Hall–Kier alpha value is -2.44. The predicted molar refractivity (Wildman–Crippen MR) is 87.3 cm³/mol. The minimum atomic E-state index is -0.727. The number of nitrogens with zero attached hydrogens (tertiary/aromatic N) is 2. The number of carbonyl (C=O) groups excluding carboxylic acids is 1. The zero-order valence-electron chi connectivity index (χ0n) is 12.3. The Morgan fingerprint density at radius 3 is 2.83 bits per heavy atom. The van der Waals surface area contributed by atoms with Crippen molar-refractivity contribution in [1.29, 1.82) is 0 Å². The van der Waals surface area contributed by atoms with Crippen LogP contribution in [0.4, 0.5) is 4.39 Å². The van der Waals surface area contributed by atoms with E-state index in [1.807, 2.05) is 25.2 Å². The summed E-state index contributed by atoms with van der Waals surface area (Å²) < 4.78 is 15.1. The lowest BCUT2D eigenvalue weighted by Gasteiger charge is -2.07. The zero-order chi connectivity index (χ0) is 16.6. The molecule has 23 heavy (non-hydrogen) atoms. The monoisotopic (exact) mass is 332 g/mol. The fraction of sp³-hybridized carbons (Fsp3) is 0.125. The molecule has 0 atom stereocenters. The maximum Gasteiger partial charge on any atom is 0.251 e.